The van der Waals surface area contributed by atoms with Crippen LogP contribution in [-0.2, 0) is 13.0 Å². The molecule has 0 bridgehead atoms. The monoisotopic (exact) mass is 349 g/mol. The van der Waals surface area contributed by atoms with Crippen molar-refractivity contribution in [3.05, 3.63) is 63.6 Å². The fourth-order valence-electron chi connectivity index (χ4n) is 3.77. The van der Waals surface area contributed by atoms with Crippen LogP contribution in [0.1, 0.15) is 52.9 Å². The first kappa shape index (κ1) is 15.4. The zero-order valence-electron chi connectivity index (χ0n) is 14.3. The normalized spacial score (nSPS) is 17.2. The number of amides is 1. The third kappa shape index (κ3) is 2.44. The van der Waals surface area contributed by atoms with E-state index < -0.39 is 0 Å². The molecule has 1 fully saturated rings. The lowest BCUT2D eigenvalue weighted by molar-refractivity contribution is 0.0729. The molecule has 0 spiro atoms. The van der Waals surface area contributed by atoms with Crippen molar-refractivity contribution in [2.24, 2.45) is 0 Å². The van der Waals surface area contributed by atoms with Gasteiger partial charge in [-0.25, -0.2) is 4.98 Å². The standard InChI is InChI=1S/C20H19N3O3/c24-18-10-14(13-6-1-2-7-15(13)21-18)20(25)23-9-8-17-16(11-23)22-19(26-17)12-4-3-5-12/h1-2,6-7,10,12H,3-5,8-9,11H2,(H,21,24). The van der Waals surface area contributed by atoms with Crippen LogP contribution in [0.3, 0.4) is 0 Å². The smallest absolute Gasteiger partial charge is 0.255 e. The molecule has 0 saturated heterocycles. The topological polar surface area (TPSA) is 79.2 Å². The number of aromatic amines is 1. The quantitative estimate of drug-likeness (QED) is 0.771. The van der Waals surface area contributed by atoms with Crippen molar-refractivity contribution in [3.63, 3.8) is 0 Å². The molecule has 6 nitrogen and oxygen atoms in total. The Labute approximate surface area is 149 Å². The van der Waals surface area contributed by atoms with E-state index in [4.69, 9.17) is 4.42 Å². The summed E-state index contributed by atoms with van der Waals surface area (Å²) in [5.41, 5.74) is 1.71. The summed E-state index contributed by atoms with van der Waals surface area (Å²) >= 11 is 0. The Kier molecular flexibility index (Phi) is 3.45. The Morgan fingerprint density at radius 3 is 2.92 bits per heavy atom. The Bertz CT molecular complexity index is 1060. The maximum Gasteiger partial charge on any atom is 0.255 e. The predicted octanol–water partition coefficient (Wildman–Crippen LogP) is 2.98. The number of hydrogen-bond donors (Lipinski definition) is 1. The lowest BCUT2D eigenvalue weighted by Crippen LogP contribution is -2.36. The molecule has 1 aliphatic carbocycles. The van der Waals surface area contributed by atoms with Crippen molar-refractivity contribution in [2.45, 2.75) is 38.1 Å². The van der Waals surface area contributed by atoms with Crippen LogP contribution < -0.4 is 5.56 Å². The molecule has 1 saturated carbocycles. The molecule has 0 atom stereocenters. The second-order valence-corrected chi connectivity index (χ2v) is 7.12. The Hall–Kier alpha value is -2.89. The number of hydrogen-bond acceptors (Lipinski definition) is 4. The first-order valence-electron chi connectivity index (χ1n) is 9.09. The zero-order valence-corrected chi connectivity index (χ0v) is 14.3. The van der Waals surface area contributed by atoms with Gasteiger partial charge in [-0.2, -0.15) is 0 Å². The van der Waals surface area contributed by atoms with Crippen LogP contribution in [0.15, 0.2) is 39.5 Å². The SMILES string of the molecule is O=C(c1cc(=O)[nH]c2ccccc12)N1CCc2oc(C3CCC3)nc2C1. The predicted molar refractivity (Wildman–Crippen MR) is 96.1 cm³/mol. The highest BCUT2D eigenvalue weighted by Crippen LogP contribution is 2.37. The van der Waals surface area contributed by atoms with Crippen molar-refractivity contribution in [1.29, 1.82) is 0 Å². The Balaban J connectivity index is 1.47. The van der Waals surface area contributed by atoms with E-state index in [2.05, 4.69) is 9.97 Å². The Morgan fingerprint density at radius 2 is 2.12 bits per heavy atom. The summed E-state index contributed by atoms with van der Waals surface area (Å²) in [6.07, 6.45) is 4.18. The molecule has 1 aliphatic heterocycles. The number of nitrogens with zero attached hydrogens (tertiary/aromatic N) is 2. The number of pyridine rings is 1. The first-order chi connectivity index (χ1) is 12.7. The van der Waals surface area contributed by atoms with Gasteiger partial charge in [-0.15, -0.1) is 0 Å². The van der Waals surface area contributed by atoms with E-state index in [1.807, 2.05) is 24.3 Å². The summed E-state index contributed by atoms with van der Waals surface area (Å²) in [5.74, 6) is 2.05. The van der Waals surface area contributed by atoms with Gasteiger partial charge in [-0.3, -0.25) is 9.59 Å². The number of H-pyrrole nitrogens is 1. The second-order valence-electron chi connectivity index (χ2n) is 7.12. The number of para-hydroxylation sites is 1. The summed E-state index contributed by atoms with van der Waals surface area (Å²) in [6, 6.07) is 8.77. The van der Waals surface area contributed by atoms with Gasteiger partial charge >= 0.3 is 0 Å². The van der Waals surface area contributed by atoms with Gasteiger partial charge < -0.3 is 14.3 Å². The van der Waals surface area contributed by atoms with Crippen LogP contribution >= 0.6 is 0 Å². The molecule has 1 N–H and O–H groups in total. The van der Waals surface area contributed by atoms with Gasteiger partial charge in [0.1, 0.15) is 11.5 Å². The van der Waals surface area contributed by atoms with Crippen LogP contribution in [0.25, 0.3) is 10.9 Å². The Morgan fingerprint density at radius 1 is 1.27 bits per heavy atom. The summed E-state index contributed by atoms with van der Waals surface area (Å²) < 4.78 is 5.93. The van der Waals surface area contributed by atoms with Crippen LogP contribution in [0.4, 0.5) is 0 Å². The molecule has 0 radical (unpaired) electrons. The maximum absolute atomic E-state index is 13.1. The van der Waals surface area contributed by atoms with Gasteiger partial charge in [-0.1, -0.05) is 24.6 Å². The molecule has 3 aromatic rings. The van der Waals surface area contributed by atoms with Crippen LogP contribution in [0.2, 0.25) is 0 Å². The summed E-state index contributed by atoms with van der Waals surface area (Å²) in [7, 11) is 0. The summed E-state index contributed by atoms with van der Waals surface area (Å²) in [6.45, 7) is 1.01. The summed E-state index contributed by atoms with van der Waals surface area (Å²) in [5, 5.41) is 0.762. The van der Waals surface area contributed by atoms with Crippen LogP contribution in [0, 0.1) is 0 Å². The molecule has 26 heavy (non-hydrogen) atoms. The molecular weight excluding hydrogens is 330 g/mol. The molecule has 1 amide bonds. The van der Waals surface area contributed by atoms with Crippen molar-refractivity contribution in [1.82, 2.24) is 14.9 Å². The zero-order chi connectivity index (χ0) is 17.7. The second kappa shape index (κ2) is 5.83. The molecule has 5 rings (SSSR count). The molecule has 2 aliphatic rings. The molecule has 132 valence electrons. The van der Waals surface area contributed by atoms with E-state index in [-0.39, 0.29) is 11.5 Å². The minimum Gasteiger partial charge on any atom is -0.445 e. The van der Waals surface area contributed by atoms with Crippen molar-refractivity contribution < 1.29 is 9.21 Å². The third-order valence-corrected chi connectivity index (χ3v) is 5.47. The van der Waals surface area contributed by atoms with E-state index in [1.165, 1.54) is 12.5 Å². The largest absolute Gasteiger partial charge is 0.445 e. The minimum atomic E-state index is -0.265. The molecule has 6 heteroatoms. The molecular formula is C20H19N3O3. The van der Waals surface area contributed by atoms with Crippen molar-refractivity contribution in [3.8, 4) is 0 Å². The number of benzene rings is 1. The number of rotatable bonds is 2. The average Bonchev–Trinajstić information content (AvgIpc) is 3.01. The lowest BCUT2D eigenvalue weighted by atomic mass is 9.85. The van der Waals surface area contributed by atoms with Gasteiger partial charge in [0.2, 0.25) is 5.56 Å². The summed E-state index contributed by atoms with van der Waals surface area (Å²) in [4.78, 5) is 34.2. The number of oxazole rings is 1. The third-order valence-electron chi connectivity index (χ3n) is 5.47. The van der Waals surface area contributed by atoms with Crippen LogP contribution in [-0.4, -0.2) is 27.3 Å². The van der Waals surface area contributed by atoms with Gasteiger partial charge in [0, 0.05) is 35.9 Å². The maximum atomic E-state index is 13.1. The van der Waals surface area contributed by atoms with Gasteiger partial charge in [0.05, 0.1) is 12.1 Å². The van der Waals surface area contributed by atoms with E-state index in [1.54, 1.807) is 4.90 Å². The fourth-order valence-corrected chi connectivity index (χ4v) is 3.77. The fraction of sp³-hybridized carbons (Fsp3) is 0.350. The number of carbonyl (C=O) groups is 1. The number of aromatic nitrogens is 2. The van der Waals surface area contributed by atoms with E-state index in [9.17, 15) is 9.59 Å². The molecule has 1 aromatic carbocycles. The highest BCUT2D eigenvalue weighted by Gasteiger charge is 2.30. The lowest BCUT2D eigenvalue weighted by Gasteiger charge is -2.25. The average molecular weight is 349 g/mol. The highest BCUT2D eigenvalue weighted by molar-refractivity contribution is 6.05. The molecule has 0 unspecified atom stereocenters. The highest BCUT2D eigenvalue weighted by atomic mass is 16.4. The molecule has 2 aromatic heterocycles. The molecule has 3 heterocycles. The van der Waals surface area contributed by atoms with Gasteiger partial charge in [0.25, 0.3) is 5.91 Å². The van der Waals surface area contributed by atoms with E-state index in [0.29, 0.717) is 36.5 Å². The van der Waals surface area contributed by atoms with Crippen molar-refractivity contribution in [2.75, 3.05) is 6.54 Å². The minimum absolute atomic E-state index is 0.133. The van der Waals surface area contributed by atoms with E-state index in [0.717, 1.165) is 35.6 Å². The van der Waals surface area contributed by atoms with E-state index >= 15 is 0 Å². The number of nitrogens with one attached hydrogen (secondary N) is 1. The van der Waals surface area contributed by atoms with Gasteiger partial charge in [0.15, 0.2) is 5.89 Å². The van der Waals surface area contributed by atoms with Gasteiger partial charge in [-0.05, 0) is 18.9 Å². The number of fused-ring (bicyclic) bond motifs is 2. The van der Waals surface area contributed by atoms with Crippen molar-refractivity contribution >= 4 is 16.8 Å². The van der Waals surface area contributed by atoms with Crippen LogP contribution in [0.5, 0.6) is 0 Å². The first-order valence-corrected chi connectivity index (χ1v) is 9.09. The number of carbonyl (C=O) groups excluding carboxylic acids is 1.